The van der Waals surface area contributed by atoms with E-state index in [0.29, 0.717) is 17.9 Å². The first kappa shape index (κ1) is 20.1. The molecule has 3 aromatic rings. The van der Waals surface area contributed by atoms with E-state index >= 15 is 0 Å². The van der Waals surface area contributed by atoms with E-state index in [4.69, 9.17) is 0 Å². The summed E-state index contributed by atoms with van der Waals surface area (Å²) < 4.78 is 27.3. The third-order valence-electron chi connectivity index (χ3n) is 4.32. The average Bonchev–Trinajstić information content (AvgIpc) is 3.10. The van der Waals surface area contributed by atoms with Crippen molar-refractivity contribution in [1.29, 1.82) is 0 Å². The molecule has 3 rings (SSSR count). The maximum absolute atomic E-state index is 13.7. The van der Waals surface area contributed by atoms with Crippen molar-refractivity contribution in [2.75, 3.05) is 0 Å². The van der Waals surface area contributed by atoms with Gasteiger partial charge >= 0.3 is 0 Å². The molecule has 0 radical (unpaired) electrons. The highest BCUT2D eigenvalue weighted by molar-refractivity contribution is 7.09. The van der Waals surface area contributed by atoms with E-state index in [1.165, 1.54) is 35.6 Å². The third kappa shape index (κ3) is 5.45. The maximum Gasteiger partial charge on any atom is 0.226 e. The third-order valence-corrected chi connectivity index (χ3v) is 5.51. The van der Waals surface area contributed by atoms with E-state index in [1.807, 2.05) is 5.38 Å². The number of rotatable bonds is 7. The molecule has 1 amide bonds. The highest BCUT2D eigenvalue weighted by atomic mass is 32.1. The van der Waals surface area contributed by atoms with Crippen LogP contribution in [-0.4, -0.2) is 10.9 Å². The minimum Gasteiger partial charge on any atom is -0.349 e. The largest absolute Gasteiger partial charge is 0.349 e. The van der Waals surface area contributed by atoms with Crippen LogP contribution in [0, 0.1) is 11.6 Å². The summed E-state index contributed by atoms with van der Waals surface area (Å²) in [7, 11) is 0. The zero-order chi connectivity index (χ0) is 20.1. The summed E-state index contributed by atoms with van der Waals surface area (Å²) in [6.45, 7) is 4.11. The Kier molecular flexibility index (Phi) is 6.52. The molecule has 0 spiro atoms. The Balaban J connectivity index is 1.76. The average molecular weight is 400 g/mol. The van der Waals surface area contributed by atoms with Crippen LogP contribution >= 0.6 is 11.3 Å². The minimum atomic E-state index is -0.465. The molecule has 1 N–H and O–H groups in total. The van der Waals surface area contributed by atoms with Crippen LogP contribution in [0.2, 0.25) is 0 Å². The second kappa shape index (κ2) is 9.06. The number of halogens is 2. The van der Waals surface area contributed by atoms with Crippen molar-refractivity contribution in [3.05, 3.63) is 87.4 Å². The van der Waals surface area contributed by atoms with Gasteiger partial charge in [-0.05, 0) is 41.8 Å². The molecule has 0 saturated heterocycles. The smallest absolute Gasteiger partial charge is 0.226 e. The summed E-state index contributed by atoms with van der Waals surface area (Å²) >= 11 is 1.54. The van der Waals surface area contributed by atoms with Crippen LogP contribution in [0.5, 0.6) is 0 Å². The summed E-state index contributed by atoms with van der Waals surface area (Å²) in [6, 6.07) is 11.8. The van der Waals surface area contributed by atoms with E-state index in [1.54, 1.807) is 24.3 Å². The lowest BCUT2D eigenvalue weighted by molar-refractivity contribution is -0.121. The van der Waals surface area contributed by atoms with Gasteiger partial charge in [-0.1, -0.05) is 38.1 Å². The molecule has 1 atom stereocenters. The van der Waals surface area contributed by atoms with Crippen molar-refractivity contribution in [3.8, 4) is 0 Å². The van der Waals surface area contributed by atoms with Crippen LogP contribution in [0.4, 0.5) is 8.78 Å². The van der Waals surface area contributed by atoms with Gasteiger partial charge in [0.25, 0.3) is 0 Å². The van der Waals surface area contributed by atoms with Crippen molar-refractivity contribution < 1.29 is 13.6 Å². The van der Waals surface area contributed by atoms with Crippen molar-refractivity contribution >= 4 is 17.2 Å². The Hall–Kier alpha value is -2.60. The molecule has 0 aliphatic carbocycles. The van der Waals surface area contributed by atoms with Gasteiger partial charge in [-0.25, -0.2) is 13.8 Å². The number of nitrogens with zero attached hydrogens (tertiary/aromatic N) is 1. The van der Waals surface area contributed by atoms with Gasteiger partial charge in [0.1, 0.15) is 11.6 Å². The van der Waals surface area contributed by atoms with E-state index in [-0.39, 0.29) is 24.0 Å². The predicted molar refractivity (Wildman–Crippen MR) is 107 cm³/mol. The van der Waals surface area contributed by atoms with Gasteiger partial charge in [-0.2, -0.15) is 0 Å². The lowest BCUT2D eigenvalue weighted by atomic mass is 9.98. The van der Waals surface area contributed by atoms with Gasteiger partial charge in [-0.15, -0.1) is 11.3 Å². The number of aromatic nitrogens is 1. The van der Waals surface area contributed by atoms with Gasteiger partial charge in [-0.3, -0.25) is 4.79 Å². The zero-order valence-electron chi connectivity index (χ0n) is 15.8. The molecular formula is C22H22F2N2OS. The molecule has 146 valence electrons. The first-order valence-electron chi connectivity index (χ1n) is 9.14. The molecule has 0 aliphatic rings. The molecule has 0 aliphatic heterocycles. The van der Waals surface area contributed by atoms with Crippen LogP contribution < -0.4 is 5.32 Å². The summed E-state index contributed by atoms with van der Waals surface area (Å²) in [4.78, 5) is 17.1. The van der Waals surface area contributed by atoms with Gasteiger partial charge in [0.15, 0.2) is 0 Å². The minimum absolute atomic E-state index is 0.151. The van der Waals surface area contributed by atoms with Crippen molar-refractivity contribution in [3.63, 3.8) is 0 Å². The van der Waals surface area contributed by atoms with Gasteiger partial charge in [0.2, 0.25) is 5.91 Å². The fraction of sp³-hybridized carbons (Fsp3) is 0.273. The monoisotopic (exact) mass is 400 g/mol. The lowest BCUT2D eigenvalue weighted by Crippen LogP contribution is -2.31. The quantitative estimate of drug-likeness (QED) is 0.593. The highest BCUT2D eigenvalue weighted by Gasteiger charge is 2.18. The molecule has 0 bridgehead atoms. The maximum atomic E-state index is 13.7. The number of hydrogen-bond donors (Lipinski definition) is 1. The normalized spacial score (nSPS) is 12.2. The van der Waals surface area contributed by atoms with E-state index in [0.717, 1.165) is 16.3 Å². The fourth-order valence-electron chi connectivity index (χ4n) is 2.95. The molecule has 0 saturated carbocycles. The zero-order valence-corrected chi connectivity index (χ0v) is 16.6. The van der Waals surface area contributed by atoms with Crippen molar-refractivity contribution in [1.82, 2.24) is 10.3 Å². The molecule has 28 heavy (non-hydrogen) atoms. The Morgan fingerprint density at radius 3 is 2.46 bits per heavy atom. The van der Waals surface area contributed by atoms with E-state index in [9.17, 15) is 13.6 Å². The Bertz CT molecular complexity index is 955. The summed E-state index contributed by atoms with van der Waals surface area (Å²) in [5.74, 6) is -0.608. The van der Waals surface area contributed by atoms with Crippen LogP contribution in [-0.2, 0) is 17.6 Å². The molecular weight excluding hydrogens is 378 g/mol. The van der Waals surface area contributed by atoms with Gasteiger partial charge < -0.3 is 5.32 Å². The van der Waals surface area contributed by atoms with Crippen molar-refractivity contribution in [2.45, 2.75) is 38.6 Å². The van der Waals surface area contributed by atoms with E-state index in [2.05, 4.69) is 24.1 Å². The number of benzene rings is 2. The molecule has 1 heterocycles. The summed E-state index contributed by atoms with van der Waals surface area (Å²) in [6.07, 6.45) is 0.513. The van der Waals surface area contributed by atoms with Crippen LogP contribution in [0.1, 0.15) is 47.6 Å². The molecule has 6 heteroatoms. The van der Waals surface area contributed by atoms with Gasteiger partial charge in [0, 0.05) is 11.3 Å². The summed E-state index contributed by atoms with van der Waals surface area (Å²) in [5, 5.41) is 5.83. The first-order chi connectivity index (χ1) is 13.4. The number of hydrogen-bond acceptors (Lipinski definition) is 3. The van der Waals surface area contributed by atoms with Crippen LogP contribution in [0.15, 0.2) is 53.9 Å². The molecule has 1 unspecified atom stereocenters. The fourth-order valence-corrected chi connectivity index (χ4v) is 3.79. The Labute approximate surface area is 167 Å². The highest BCUT2D eigenvalue weighted by Crippen LogP contribution is 2.22. The molecule has 2 aromatic carbocycles. The van der Waals surface area contributed by atoms with Gasteiger partial charge in [0.05, 0.1) is 23.2 Å². The van der Waals surface area contributed by atoms with E-state index < -0.39 is 6.04 Å². The number of amides is 1. The second-order valence-corrected chi connectivity index (χ2v) is 7.91. The lowest BCUT2D eigenvalue weighted by Gasteiger charge is -2.19. The topological polar surface area (TPSA) is 42.0 Å². The first-order valence-corrected chi connectivity index (χ1v) is 10.0. The number of carbonyl (C=O) groups is 1. The predicted octanol–water partition coefficient (Wildman–Crippen LogP) is 5.19. The molecule has 0 fully saturated rings. The number of thiazole rings is 1. The van der Waals surface area contributed by atoms with Crippen LogP contribution in [0.3, 0.4) is 0 Å². The van der Waals surface area contributed by atoms with Crippen LogP contribution in [0.25, 0.3) is 0 Å². The standard InChI is InChI=1S/C22H22F2N2OS/c1-14(2)22-25-19(13-28-22)12-21(27)26-20(16-6-4-8-18(24)11-16)10-15-5-3-7-17(23)9-15/h3-9,11,13-14,20H,10,12H2,1-2H3,(H,26,27). The molecule has 1 aromatic heterocycles. The molecule has 3 nitrogen and oxygen atoms in total. The number of carbonyl (C=O) groups excluding carboxylic acids is 1. The Morgan fingerprint density at radius 1 is 1.11 bits per heavy atom. The van der Waals surface area contributed by atoms with Crippen molar-refractivity contribution in [2.24, 2.45) is 0 Å². The summed E-state index contributed by atoms with van der Waals surface area (Å²) in [5.41, 5.74) is 2.08. The Morgan fingerprint density at radius 2 is 1.82 bits per heavy atom. The SMILES string of the molecule is CC(C)c1nc(CC(=O)NC(Cc2cccc(F)c2)c2cccc(F)c2)cs1. The second-order valence-electron chi connectivity index (χ2n) is 7.02. The number of nitrogens with one attached hydrogen (secondary N) is 1.